The number of ketones is 1. The van der Waals surface area contributed by atoms with Crippen LogP contribution in [-0.2, 0) is 9.53 Å². The molecule has 0 amide bonds. The van der Waals surface area contributed by atoms with Gasteiger partial charge < -0.3 is 10.1 Å². The van der Waals surface area contributed by atoms with Gasteiger partial charge in [0.25, 0.3) is 0 Å². The Morgan fingerprint density at radius 3 is 2.89 bits per heavy atom. The molecule has 0 bridgehead atoms. The number of thioether (sulfide) groups is 1. The smallest absolute Gasteiger partial charge is 0.137 e. The van der Waals surface area contributed by atoms with Crippen molar-refractivity contribution < 1.29 is 9.53 Å². The Labute approximate surface area is 121 Å². The normalized spacial score (nSPS) is 31.8. The summed E-state index contributed by atoms with van der Waals surface area (Å²) in [5.74, 6) is 2.93. The van der Waals surface area contributed by atoms with Crippen molar-refractivity contribution in [2.45, 2.75) is 57.6 Å². The molecule has 0 saturated carbocycles. The third kappa shape index (κ3) is 4.47. The van der Waals surface area contributed by atoms with Gasteiger partial charge in [0.2, 0.25) is 0 Å². The van der Waals surface area contributed by atoms with Gasteiger partial charge in [-0.2, -0.15) is 11.8 Å². The minimum Gasteiger partial charge on any atom is -0.374 e. The number of hydrogen-bond donors (Lipinski definition) is 1. The fourth-order valence-electron chi connectivity index (χ4n) is 2.93. The number of rotatable bonds is 4. The molecule has 2 heterocycles. The lowest BCUT2D eigenvalue weighted by molar-refractivity contribution is -0.134. The lowest BCUT2D eigenvalue weighted by Crippen LogP contribution is -2.43. The van der Waals surface area contributed by atoms with Crippen LogP contribution in [0.4, 0.5) is 0 Å². The summed E-state index contributed by atoms with van der Waals surface area (Å²) >= 11 is 1.97. The summed E-state index contributed by atoms with van der Waals surface area (Å²) in [7, 11) is 0. The maximum Gasteiger partial charge on any atom is 0.137 e. The monoisotopic (exact) mass is 285 g/mol. The maximum absolute atomic E-state index is 12.3. The van der Waals surface area contributed by atoms with Crippen molar-refractivity contribution in [2.75, 3.05) is 24.7 Å². The zero-order valence-corrected chi connectivity index (χ0v) is 13.3. The number of carbonyl (C=O) groups is 1. The Hall–Kier alpha value is -0.0600. The third-order valence-electron chi connectivity index (χ3n) is 4.04. The van der Waals surface area contributed by atoms with Crippen LogP contribution in [0.5, 0.6) is 0 Å². The number of carbonyl (C=O) groups excluding carboxylic acids is 1. The van der Waals surface area contributed by atoms with Crippen molar-refractivity contribution in [3.05, 3.63) is 0 Å². The number of Topliss-reactive ketones (excluding diaryl/α,β-unsaturated/α-hetero) is 1. The van der Waals surface area contributed by atoms with Gasteiger partial charge in [-0.05, 0) is 45.8 Å². The van der Waals surface area contributed by atoms with E-state index in [1.165, 1.54) is 5.75 Å². The van der Waals surface area contributed by atoms with E-state index in [9.17, 15) is 4.79 Å². The van der Waals surface area contributed by atoms with Gasteiger partial charge in [0, 0.05) is 36.8 Å². The first-order valence-electron chi connectivity index (χ1n) is 7.40. The van der Waals surface area contributed by atoms with Crippen molar-refractivity contribution in [1.29, 1.82) is 0 Å². The van der Waals surface area contributed by atoms with E-state index in [4.69, 9.17) is 4.74 Å². The van der Waals surface area contributed by atoms with Gasteiger partial charge in [-0.3, -0.25) is 4.79 Å². The molecule has 0 aromatic rings. The highest BCUT2D eigenvalue weighted by molar-refractivity contribution is 7.99. The Balaban J connectivity index is 1.79. The van der Waals surface area contributed by atoms with Crippen molar-refractivity contribution >= 4 is 17.5 Å². The highest BCUT2D eigenvalue weighted by atomic mass is 32.2. The molecule has 0 radical (unpaired) electrons. The van der Waals surface area contributed by atoms with Crippen LogP contribution in [0.3, 0.4) is 0 Å². The molecular weight excluding hydrogens is 258 g/mol. The van der Waals surface area contributed by atoms with Crippen LogP contribution in [0.1, 0.15) is 46.5 Å². The van der Waals surface area contributed by atoms with E-state index < -0.39 is 0 Å². The summed E-state index contributed by atoms with van der Waals surface area (Å²) in [6.45, 7) is 7.97. The summed E-state index contributed by atoms with van der Waals surface area (Å²) in [4.78, 5) is 12.3. The largest absolute Gasteiger partial charge is 0.374 e. The molecule has 3 nitrogen and oxygen atoms in total. The van der Waals surface area contributed by atoms with Gasteiger partial charge in [-0.25, -0.2) is 0 Å². The molecule has 1 N–H and O–H groups in total. The Kier molecular flexibility index (Phi) is 4.96. The SMILES string of the molecule is CC(C)(C)NCCC(=O)C1CCOC2(CCSC2)C1. The van der Waals surface area contributed by atoms with Crippen LogP contribution in [0.2, 0.25) is 0 Å². The number of nitrogens with one attached hydrogen (secondary N) is 1. The van der Waals surface area contributed by atoms with Crippen LogP contribution >= 0.6 is 11.8 Å². The van der Waals surface area contributed by atoms with Gasteiger partial charge in [0.1, 0.15) is 5.78 Å². The summed E-state index contributed by atoms with van der Waals surface area (Å²) < 4.78 is 5.98. The molecule has 0 aromatic heterocycles. The van der Waals surface area contributed by atoms with Gasteiger partial charge in [0.05, 0.1) is 5.60 Å². The average Bonchev–Trinajstić information content (AvgIpc) is 2.75. The standard InChI is InChI=1S/C15H27NO2S/c1-14(2,3)16-7-4-13(17)12-5-8-18-15(10-12)6-9-19-11-15/h12,16H,4-11H2,1-3H3. The number of hydrogen-bond acceptors (Lipinski definition) is 4. The van der Waals surface area contributed by atoms with E-state index in [0.29, 0.717) is 12.2 Å². The van der Waals surface area contributed by atoms with Gasteiger partial charge in [-0.1, -0.05) is 0 Å². The molecule has 2 atom stereocenters. The second-order valence-corrected chi connectivity index (χ2v) is 8.02. The quantitative estimate of drug-likeness (QED) is 0.862. The van der Waals surface area contributed by atoms with E-state index in [1.54, 1.807) is 0 Å². The zero-order valence-electron chi connectivity index (χ0n) is 12.5. The van der Waals surface area contributed by atoms with Crippen LogP contribution in [0, 0.1) is 5.92 Å². The minimum atomic E-state index is 0.0285. The molecule has 2 aliphatic rings. The maximum atomic E-state index is 12.3. The predicted octanol–water partition coefficient (Wildman–Crippen LogP) is 2.64. The molecule has 110 valence electrons. The van der Waals surface area contributed by atoms with E-state index >= 15 is 0 Å². The fourth-order valence-corrected chi connectivity index (χ4v) is 4.31. The van der Waals surface area contributed by atoms with E-state index in [-0.39, 0.29) is 17.1 Å². The number of ether oxygens (including phenoxy) is 1. The molecule has 4 heteroatoms. The van der Waals surface area contributed by atoms with Gasteiger partial charge in [0.15, 0.2) is 0 Å². The first kappa shape index (κ1) is 15.3. The Bertz CT molecular complexity index is 319. The minimum absolute atomic E-state index is 0.0285. The van der Waals surface area contributed by atoms with E-state index in [1.807, 2.05) is 11.8 Å². The molecular formula is C15H27NO2S. The second-order valence-electron chi connectivity index (χ2n) is 6.92. The van der Waals surface area contributed by atoms with Crippen molar-refractivity contribution in [2.24, 2.45) is 5.92 Å². The zero-order chi connectivity index (χ0) is 13.9. The van der Waals surface area contributed by atoms with E-state index in [2.05, 4.69) is 26.1 Å². The van der Waals surface area contributed by atoms with Crippen LogP contribution in [0.15, 0.2) is 0 Å². The lowest BCUT2D eigenvalue weighted by Gasteiger charge is -2.37. The molecule has 1 spiro atoms. The molecule has 19 heavy (non-hydrogen) atoms. The molecule has 2 unspecified atom stereocenters. The molecule has 2 rings (SSSR count). The summed E-state index contributed by atoms with van der Waals surface area (Å²) in [5, 5.41) is 3.40. The highest BCUT2D eigenvalue weighted by Crippen LogP contribution is 2.40. The highest BCUT2D eigenvalue weighted by Gasteiger charge is 2.42. The van der Waals surface area contributed by atoms with Crippen molar-refractivity contribution in [3.8, 4) is 0 Å². The van der Waals surface area contributed by atoms with E-state index in [0.717, 1.165) is 38.2 Å². The molecule has 2 saturated heterocycles. The molecule has 0 aliphatic carbocycles. The van der Waals surface area contributed by atoms with Crippen molar-refractivity contribution in [1.82, 2.24) is 5.32 Å². The molecule has 0 aromatic carbocycles. The van der Waals surface area contributed by atoms with Gasteiger partial charge in [-0.15, -0.1) is 0 Å². The third-order valence-corrected chi connectivity index (χ3v) is 5.27. The molecule has 2 fully saturated rings. The summed E-state index contributed by atoms with van der Waals surface area (Å²) in [6.07, 6.45) is 3.65. The van der Waals surface area contributed by atoms with Crippen molar-refractivity contribution in [3.63, 3.8) is 0 Å². The van der Waals surface area contributed by atoms with Crippen LogP contribution < -0.4 is 5.32 Å². The second kappa shape index (κ2) is 6.15. The first-order chi connectivity index (χ1) is 8.90. The fraction of sp³-hybridized carbons (Fsp3) is 0.933. The Morgan fingerprint density at radius 1 is 1.47 bits per heavy atom. The van der Waals surface area contributed by atoms with Crippen LogP contribution in [0.25, 0.3) is 0 Å². The van der Waals surface area contributed by atoms with Gasteiger partial charge >= 0.3 is 0 Å². The first-order valence-corrected chi connectivity index (χ1v) is 8.55. The topological polar surface area (TPSA) is 38.3 Å². The lowest BCUT2D eigenvalue weighted by atomic mass is 9.82. The molecule has 2 aliphatic heterocycles. The predicted molar refractivity (Wildman–Crippen MR) is 80.7 cm³/mol. The average molecular weight is 285 g/mol. The summed E-state index contributed by atoms with van der Waals surface area (Å²) in [5.41, 5.74) is 0.125. The van der Waals surface area contributed by atoms with Crippen LogP contribution in [-0.4, -0.2) is 41.6 Å². The Morgan fingerprint density at radius 2 is 2.26 bits per heavy atom. The summed E-state index contributed by atoms with van der Waals surface area (Å²) in [6, 6.07) is 0.